The zero-order valence-corrected chi connectivity index (χ0v) is 13.4. The Hall–Kier alpha value is -1.79. The Morgan fingerprint density at radius 1 is 1.24 bits per heavy atom. The molecule has 1 amide bonds. The van der Waals surface area contributed by atoms with Gasteiger partial charge in [0.2, 0.25) is 0 Å². The van der Waals surface area contributed by atoms with Gasteiger partial charge in [0.05, 0.1) is 6.61 Å². The van der Waals surface area contributed by atoms with Crippen LogP contribution in [0.15, 0.2) is 24.3 Å². The lowest BCUT2D eigenvalue weighted by Crippen LogP contribution is -2.35. The van der Waals surface area contributed by atoms with Crippen molar-refractivity contribution in [2.75, 3.05) is 13.7 Å². The predicted molar refractivity (Wildman–Crippen MR) is 86.0 cm³/mol. The van der Waals surface area contributed by atoms with E-state index in [-0.39, 0.29) is 18.6 Å². The molecule has 0 saturated heterocycles. The maximum Gasteiger partial charge on any atom is 0.253 e. The molecule has 1 atom stereocenters. The number of hydrogen-bond donors (Lipinski definition) is 1. The first-order valence-corrected chi connectivity index (χ1v) is 7.42. The van der Waals surface area contributed by atoms with Gasteiger partial charge in [0.25, 0.3) is 5.91 Å². The average molecular weight is 287 g/mol. The number of nitrogens with zero attached hydrogens (tertiary/aromatic N) is 1. The van der Waals surface area contributed by atoms with Crippen LogP contribution < -0.4 is 0 Å². The molecular weight excluding hydrogens is 262 g/mol. The van der Waals surface area contributed by atoms with E-state index in [0.29, 0.717) is 17.9 Å². The molecule has 0 bridgehead atoms. The average Bonchev–Trinajstić information content (AvgIpc) is 2.46. The first-order valence-electron chi connectivity index (χ1n) is 7.42. The molecule has 0 aliphatic carbocycles. The molecule has 0 aliphatic heterocycles. The van der Waals surface area contributed by atoms with E-state index in [4.69, 9.17) is 5.11 Å². The van der Waals surface area contributed by atoms with Crippen LogP contribution in [0.2, 0.25) is 0 Å². The fraction of sp³-hybridized carbons (Fsp3) is 0.500. The molecule has 1 rings (SSSR count). The number of carbonyl (C=O) groups is 1. The van der Waals surface area contributed by atoms with Crippen molar-refractivity contribution in [3.63, 3.8) is 0 Å². The number of hydrogen-bond acceptors (Lipinski definition) is 2. The van der Waals surface area contributed by atoms with Crippen LogP contribution in [0.3, 0.4) is 0 Å². The van der Waals surface area contributed by atoms with Crippen LogP contribution in [0.1, 0.15) is 49.5 Å². The summed E-state index contributed by atoms with van der Waals surface area (Å²) in [6.07, 6.45) is 1.46. The van der Waals surface area contributed by atoms with Crippen LogP contribution in [-0.4, -0.2) is 35.6 Å². The van der Waals surface area contributed by atoms with Crippen molar-refractivity contribution in [2.45, 2.75) is 39.7 Å². The molecule has 3 heteroatoms. The van der Waals surface area contributed by atoms with Crippen molar-refractivity contribution in [1.29, 1.82) is 0 Å². The predicted octanol–water partition coefficient (Wildman–Crippen LogP) is 2.93. The molecule has 21 heavy (non-hydrogen) atoms. The Labute approximate surface area is 128 Å². The number of aliphatic hydroxyl groups excluding tert-OH is 1. The van der Waals surface area contributed by atoms with Crippen LogP contribution in [0, 0.1) is 17.8 Å². The summed E-state index contributed by atoms with van der Waals surface area (Å²) >= 11 is 0. The molecule has 3 nitrogen and oxygen atoms in total. The number of amides is 1. The van der Waals surface area contributed by atoms with Gasteiger partial charge in [-0.15, -0.1) is 0 Å². The molecule has 1 aromatic rings. The fourth-order valence-corrected chi connectivity index (χ4v) is 2.16. The van der Waals surface area contributed by atoms with Crippen LogP contribution >= 0.6 is 0 Å². The minimum Gasteiger partial charge on any atom is -0.395 e. The van der Waals surface area contributed by atoms with Gasteiger partial charge in [0, 0.05) is 30.6 Å². The van der Waals surface area contributed by atoms with E-state index in [9.17, 15) is 4.79 Å². The van der Waals surface area contributed by atoms with Gasteiger partial charge in [-0.3, -0.25) is 4.79 Å². The SMILES string of the molecule is CC(C)CC(C)N(C)C(=O)c1ccc(C#CCCO)cc1. The molecular formula is C18H25NO2. The zero-order valence-electron chi connectivity index (χ0n) is 13.4. The summed E-state index contributed by atoms with van der Waals surface area (Å²) in [6.45, 7) is 6.47. The molecule has 0 saturated carbocycles. The van der Waals surface area contributed by atoms with Crippen molar-refractivity contribution in [3.05, 3.63) is 35.4 Å². The third-order valence-corrected chi connectivity index (χ3v) is 3.40. The maximum absolute atomic E-state index is 12.4. The zero-order chi connectivity index (χ0) is 15.8. The van der Waals surface area contributed by atoms with E-state index < -0.39 is 0 Å². The lowest BCUT2D eigenvalue weighted by atomic mass is 10.0. The van der Waals surface area contributed by atoms with Gasteiger partial charge in [-0.1, -0.05) is 25.7 Å². The minimum atomic E-state index is 0.0398. The second-order valence-electron chi connectivity index (χ2n) is 5.75. The van der Waals surface area contributed by atoms with E-state index >= 15 is 0 Å². The lowest BCUT2D eigenvalue weighted by molar-refractivity contribution is 0.0728. The molecule has 114 valence electrons. The molecule has 0 heterocycles. The third-order valence-electron chi connectivity index (χ3n) is 3.40. The number of aliphatic hydroxyl groups is 1. The Kier molecular flexibility index (Phi) is 6.98. The van der Waals surface area contributed by atoms with Gasteiger partial charge >= 0.3 is 0 Å². The van der Waals surface area contributed by atoms with Crippen molar-refractivity contribution in [3.8, 4) is 11.8 Å². The van der Waals surface area contributed by atoms with Crippen molar-refractivity contribution >= 4 is 5.91 Å². The van der Waals surface area contributed by atoms with E-state index in [1.54, 1.807) is 4.90 Å². The maximum atomic E-state index is 12.4. The highest BCUT2D eigenvalue weighted by Crippen LogP contribution is 2.13. The summed E-state index contributed by atoms with van der Waals surface area (Å²) in [5, 5.41) is 8.68. The monoisotopic (exact) mass is 287 g/mol. The summed E-state index contributed by atoms with van der Waals surface area (Å²) in [7, 11) is 1.85. The normalized spacial score (nSPS) is 11.7. The Bertz CT molecular complexity index is 508. The summed E-state index contributed by atoms with van der Waals surface area (Å²) in [5.74, 6) is 6.43. The minimum absolute atomic E-state index is 0.0398. The summed E-state index contributed by atoms with van der Waals surface area (Å²) < 4.78 is 0. The number of carbonyl (C=O) groups excluding carboxylic acids is 1. The van der Waals surface area contributed by atoms with Gasteiger partial charge in [-0.2, -0.15) is 0 Å². The molecule has 0 spiro atoms. The Morgan fingerprint density at radius 3 is 2.38 bits per heavy atom. The number of benzene rings is 1. The molecule has 0 fully saturated rings. The summed E-state index contributed by atoms with van der Waals surface area (Å²) in [6, 6.07) is 7.53. The Balaban J connectivity index is 2.73. The first kappa shape index (κ1) is 17.3. The summed E-state index contributed by atoms with van der Waals surface area (Å²) in [4.78, 5) is 14.2. The quantitative estimate of drug-likeness (QED) is 0.846. The van der Waals surface area contributed by atoms with Crippen molar-refractivity contribution in [2.24, 2.45) is 5.92 Å². The third kappa shape index (κ3) is 5.61. The highest BCUT2D eigenvalue weighted by Gasteiger charge is 2.18. The van der Waals surface area contributed by atoms with E-state index in [1.165, 1.54) is 0 Å². The fourth-order valence-electron chi connectivity index (χ4n) is 2.16. The van der Waals surface area contributed by atoms with Crippen molar-refractivity contribution < 1.29 is 9.90 Å². The second-order valence-corrected chi connectivity index (χ2v) is 5.75. The smallest absolute Gasteiger partial charge is 0.253 e. The van der Waals surface area contributed by atoms with Crippen LogP contribution in [0.25, 0.3) is 0 Å². The molecule has 0 aromatic heterocycles. The van der Waals surface area contributed by atoms with Crippen LogP contribution in [-0.2, 0) is 0 Å². The van der Waals surface area contributed by atoms with E-state index in [1.807, 2.05) is 31.3 Å². The van der Waals surface area contributed by atoms with Gasteiger partial charge in [-0.05, 0) is 43.5 Å². The number of rotatable bonds is 5. The van der Waals surface area contributed by atoms with Crippen LogP contribution in [0.4, 0.5) is 0 Å². The first-order chi connectivity index (χ1) is 9.95. The van der Waals surface area contributed by atoms with Crippen LogP contribution in [0.5, 0.6) is 0 Å². The highest BCUT2D eigenvalue weighted by molar-refractivity contribution is 5.94. The second kappa shape index (κ2) is 8.49. The van der Waals surface area contributed by atoms with E-state index in [0.717, 1.165) is 12.0 Å². The van der Waals surface area contributed by atoms with Gasteiger partial charge < -0.3 is 10.0 Å². The molecule has 1 N–H and O–H groups in total. The molecule has 0 radical (unpaired) electrons. The lowest BCUT2D eigenvalue weighted by Gasteiger charge is -2.26. The van der Waals surface area contributed by atoms with Crippen molar-refractivity contribution in [1.82, 2.24) is 4.90 Å². The summed E-state index contributed by atoms with van der Waals surface area (Å²) in [5.41, 5.74) is 1.54. The standard InChI is InChI=1S/C18H25NO2/c1-14(2)13-15(3)19(4)18(21)17-10-8-16(9-11-17)7-5-6-12-20/h8-11,14-15,20H,6,12-13H2,1-4H3. The van der Waals surface area contributed by atoms with Gasteiger partial charge in [-0.25, -0.2) is 0 Å². The van der Waals surface area contributed by atoms with Gasteiger partial charge in [0.1, 0.15) is 0 Å². The molecule has 0 aliphatic rings. The highest BCUT2D eigenvalue weighted by atomic mass is 16.2. The molecule has 1 unspecified atom stereocenters. The topological polar surface area (TPSA) is 40.5 Å². The molecule has 1 aromatic carbocycles. The van der Waals surface area contributed by atoms with E-state index in [2.05, 4.69) is 32.6 Å². The largest absolute Gasteiger partial charge is 0.395 e. The van der Waals surface area contributed by atoms with Gasteiger partial charge in [0.15, 0.2) is 0 Å². The Morgan fingerprint density at radius 2 is 1.86 bits per heavy atom.